The van der Waals surface area contributed by atoms with Gasteiger partial charge in [-0.3, -0.25) is 19.7 Å². The van der Waals surface area contributed by atoms with E-state index in [4.69, 9.17) is 11.6 Å². The summed E-state index contributed by atoms with van der Waals surface area (Å²) in [6.45, 7) is 6.21. The lowest BCUT2D eigenvalue weighted by molar-refractivity contribution is -0.384. The summed E-state index contributed by atoms with van der Waals surface area (Å²) in [7, 11) is 0. The fraction of sp³-hybridized carbons (Fsp3) is 0.300. The molecule has 1 N–H and O–H groups in total. The van der Waals surface area contributed by atoms with Gasteiger partial charge in [-0.05, 0) is 36.2 Å². The van der Waals surface area contributed by atoms with E-state index in [-0.39, 0.29) is 22.2 Å². The zero-order chi connectivity index (χ0) is 20.6. The summed E-state index contributed by atoms with van der Waals surface area (Å²) in [5.41, 5.74) is 1.61. The third kappa shape index (κ3) is 3.84. The lowest BCUT2D eigenvalue weighted by Crippen LogP contribution is -2.38. The molecule has 1 heterocycles. The fourth-order valence-electron chi connectivity index (χ4n) is 3.07. The molecule has 0 aromatic heterocycles. The van der Waals surface area contributed by atoms with Gasteiger partial charge in [0.1, 0.15) is 5.02 Å². The van der Waals surface area contributed by atoms with E-state index in [0.29, 0.717) is 12.2 Å². The van der Waals surface area contributed by atoms with Crippen LogP contribution in [0.2, 0.25) is 5.02 Å². The van der Waals surface area contributed by atoms with Gasteiger partial charge in [0, 0.05) is 35.0 Å². The molecule has 1 aliphatic rings. The molecular formula is C20H20ClN3O4. The number of benzene rings is 2. The minimum atomic E-state index is -0.634. The van der Waals surface area contributed by atoms with Crippen molar-refractivity contribution < 1.29 is 14.5 Å². The van der Waals surface area contributed by atoms with Crippen molar-refractivity contribution in [2.45, 2.75) is 27.2 Å². The molecule has 0 fully saturated rings. The number of nitro benzene ring substituents is 1. The highest BCUT2D eigenvalue weighted by molar-refractivity contribution is 6.32. The first-order chi connectivity index (χ1) is 13.1. The van der Waals surface area contributed by atoms with Crippen LogP contribution in [-0.2, 0) is 11.2 Å². The van der Waals surface area contributed by atoms with E-state index >= 15 is 0 Å². The lowest BCUT2D eigenvalue weighted by Gasteiger charge is -2.26. The second kappa shape index (κ2) is 7.24. The minimum Gasteiger partial charge on any atom is -0.322 e. The van der Waals surface area contributed by atoms with Crippen molar-refractivity contribution >= 4 is 40.5 Å². The predicted molar refractivity (Wildman–Crippen MR) is 108 cm³/mol. The molecule has 1 aliphatic heterocycles. The molecule has 3 rings (SSSR count). The van der Waals surface area contributed by atoms with Crippen LogP contribution in [0.3, 0.4) is 0 Å². The van der Waals surface area contributed by atoms with Crippen molar-refractivity contribution in [2.75, 3.05) is 16.8 Å². The van der Waals surface area contributed by atoms with Crippen LogP contribution >= 0.6 is 11.6 Å². The molecule has 0 aliphatic carbocycles. The Kier molecular flexibility index (Phi) is 5.12. The number of nitrogens with one attached hydrogen (secondary N) is 1. The molecule has 0 spiro atoms. The van der Waals surface area contributed by atoms with Crippen molar-refractivity contribution in [3.05, 3.63) is 62.7 Å². The van der Waals surface area contributed by atoms with Gasteiger partial charge in [-0.1, -0.05) is 38.4 Å². The maximum absolute atomic E-state index is 12.7. The summed E-state index contributed by atoms with van der Waals surface area (Å²) >= 11 is 5.79. The van der Waals surface area contributed by atoms with E-state index in [1.54, 1.807) is 17.0 Å². The van der Waals surface area contributed by atoms with Gasteiger partial charge < -0.3 is 10.2 Å². The van der Waals surface area contributed by atoms with Crippen LogP contribution in [0.4, 0.5) is 17.1 Å². The van der Waals surface area contributed by atoms with Gasteiger partial charge >= 0.3 is 0 Å². The van der Waals surface area contributed by atoms with Gasteiger partial charge in [0.2, 0.25) is 5.91 Å². The SMILES string of the molecule is CC(C)(C)C(=O)N1CCc2ccc(NC(=O)c3ccc(Cl)c([N+](=O)[O-])c3)cc21. The molecule has 0 saturated carbocycles. The summed E-state index contributed by atoms with van der Waals surface area (Å²) in [6, 6.07) is 9.28. The van der Waals surface area contributed by atoms with E-state index in [1.165, 1.54) is 12.1 Å². The number of halogens is 1. The van der Waals surface area contributed by atoms with E-state index < -0.39 is 16.2 Å². The molecule has 2 amide bonds. The van der Waals surface area contributed by atoms with Crippen LogP contribution in [0.5, 0.6) is 0 Å². The van der Waals surface area contributed by atoms with Crippen LogP contribution in [0.15, 0.2) is 36.4 Å². The average Bonchev–Trinajstić information content (AvgIpc) is 3.03. The normalized spacial score (nSPS) is 13.2. The highest BCUT2D eigenvalue weighted by Crippen LogP contribution is 2.34. The topological polar surface area (TPSA) is 92.6 Å². The molecule has 0 unspecified atom stereocenters. The number of rotatable bonds is 3. The average molecular weight is 402 g/mol. The van der Waals surface area contributed by atoms with E-state index in [0.717, 1.165) is 23.7 Å². The number of anilines is 2. The summed E-state index contributed by atoms with van der Waals surface area (Å²) in [5.74, 6) is -0.477. The van der Waals surface area contributed by atoms with Crippen molar-refractivity contribution in [1.82, 2.24) is 0 Å². The van der Waals surface area contributed by atoms with Gasteiger partial charge in [0.25, 0.3) is 11.6 Å². The molecule has 8 heteroatoms. The summed E-state index contributed by atoms with van der Waals surface area (Å²) < 4.78 is 0. The van der Waals surface area contributed by atoms with Gasteiger partial charge in [-0.15, -0.1) is 0 Å². The number of amides is 2. The van der Waals surface area contributed by atoms with Gasteiger partial charge in [-0.25, -0.2) is 0 Å². The monoisotopic (exact) mass is 401 g/mol. The van der Waals surface area contributed by atoms with Crippen molar-refractivity contribution in [3.63, 3.8) is 0 Å². The Bertz CT molecular complexity index is 982. The van der Waals surface area contributed by atoms with Crippen LogP contribution in [-0.4, -0.2) is 23.3 Å². The highest BCUT2D eigenvalue weighted by Gasteiger charge is 2.32. The van der Waals surface area contributed by atoms with Gasteiger partial charge in [0.15, 0.2) is 0 Å². The standard InChI is InChI=1S/C20H20ClN3O4/c1-20(2,3)19(26)23-9-8-12-4-6-14(11-16(12)23)22-18(25)13-5-7-15(21)17(10-13)24(27)28/h4-7,10-11H,8-9H2,1-3H3,(H,22,25). The fourth-order valence-corrected chi connectivity index (χ4v) is 3.26. The molecular weight excluding hydrogens is 382 g/mol. The number of carbonyl (C=O) groups excluding carboxylic acids is 2. The van der Waals surface area contributed by atoms with Crippen LogP contribution in [0.25, 0.3) is 0 Å². The summed E-state index contributed by atoms with van der Waals surface area (Å²) in [4.78, 5) is 37.3. The quantitative estimate of drug-likeness (QED) is 0.608. The number of nitro groups is 1. The zero-order valence-electron chi connectivity index (χ0n) is 15.8. The van der Waals surface area contributed by atoms with Crippen LogP contribution < -0.4 is 10.2 Å². The number of fused-ring (bicyclic) bond motifs is 1. The maximum atomic E-state index is 12.7. The third-order valence-electron chi connectivity index (χ3n) is 4.53. The molecule has 28 heavy (non-hydrogen) atoms. The number of hydrogen-bond donors (Lipinski definition) is 1. The van der Waals surface area contributed by atoms with Crippen LogP contribution in [0, 0.1) is 15.5 Å². The summed E-state index contributed by atoms with van der Waals surface area (Å²) in [6.07, 6.45) is 0.759. The second-order valence-corrected chi connectivity index (χ2v) is 8.08. The Labute approximate surface area is 167 Å². The number of hydrogen-bond acceptors (Lipinski definition) is 4. The van der Waals surface area contributed by atoms with E-state index in [9.17, 15) is 19.7 Å². The van der Waals surface area contributed by atoms with Gasteiger partial charge in [-0.2, -0.15) is 0 Å². The van der Waals surface area contributed by atoms with E-state index in [2.05, 4.69) is 5.32 Å². The lowest BCUT2D eigenvalue weighted by atomic mass is 9.94. The van der Waals surface area contributed by atoms with Crippen molar-refractivity contribution in [2.24, 2.45) is 5.41 Å². The first kappa shape index (κ1) is 19.8. The Hall–Kier alpha value is -2.93. The number of nitrogens with zero attached hydrogens (tertiary/aromatic N) is 2. The van der Waals surface area contributed by atoms with E-state index in [1.807, 2.05) is 26.8 Å². The molecule has 146 valence electrons. The van der Waals surface area contributed by atoms with Crippen molar-refractivity contribution in [3.8, 4) is 0 Å². The first-order valence-electron chi connectivity index (χ1n) is 8.78. The minimum absolute atomic E-state index is 0.0167. The Balaban J connectivity index is 1.85. The summed E-state index contributed by atoms with van der Waals surface area (Å²) in [5, 5.41) is 13.7. The van der Waals surface area contributed by atoms with Gasteiger partial charge in [0.05, 0.1) is 4.92 Å². The molecule has 2 aromatic carbocycles. The maximum Gasteiger partial charge on any atom is 0.288 e. The Morgan fingerprint density at radius 3 is 2.54 bits per heavy atom. The molecule has 0 atom stereocenters. The molecule has 2 aromatic rings. The largest absolute Gasteiger partial charge is 0.322 e. The van der Waals surface area contributed by atoms with Crippen molar-refractivity contribution in [1.29, 1.82) is 0 Å². The Morgan fingerprint density at radius 2 is 1.89 bits per heavy atom. The molecule has 0 saturated heterocycles. The Morgan fingerprint density at radius 1 is 1.18 bits per heavy atom. The predicted octanol–water partition coefficient (Wildman–Crippen LogP) is 4.44. The highest BCUT2D eigenvalue weighted by atomic mass is 35.5. The zero-order valence-corrected chi connectivity index (χ0v) is 16.5. The molecule has 0 bridgehead atoms. The van der Waals surface area contributed by atoms with Crippen LogP contribution in [0.1, 0.15) is 36.7 Å². The molecule has 0 radical (unpaired) electrons. The smallest absolute Gasteiger partial charge is 0.288 e. The number of carbonyl (C=O) groups is 2. The second-order valence-electron chi connectivity index (χ2n) is 7.68. The first-order valence-corrected chi connectivity index (χ1v) is 9.16. The third-order valence-corrected chi connectivity index (χ3v) is 4.85. The molecule has 7 nitrogen and oxygen atoms in total.